The van der Waals surface area contributed by atoms with Crippen molar-refractivity contribution < 1.29 is 44.8 Å². The van der Waals surface area contributed by atoms with Crippen LogP contribution in [0.15, 0.2) is 65.1 Å². The van der Waals surface area contributed by atoms with E-state index in [1.807, 2.05) is 13.8 Å². The molecule has 0 atom stereocenters. The first-order valence-corrected chi connectivity index (χ1v) is 16.6. The molecule has 10 nitrogen and oxygen atoms in total. The van der Waals surface area contributed by atoms with E-state index in [4.69, 9.17) is 9.21 Å². The number of nitrogens with zero attached hydrogens (tertiary/aromatic N) is 2. The van der Waals surface area contributed by atoms with Gasteiger partial charge < -0.3 is 20.4 Å². The van der Waals surface area contributed by atoms with E-state index in [0.717, 1.165) is 15.5 Å². The van der Waals surface area contributed by atoms with Gasteiger partial charge in [-0.15, -0.1) is 0 Å². The number of likely N-dealkylation sites (tertiary alicyclic amines) is 1. The molecule has 0 saturated carbocycles. The second-order valence-electron chi connectivity index (χ2n) is 10.3. The van der Waals surface area contributed by atoms with E-state index >= 15 is 0 Å². The summed E-state index contributed by atoms with van der Waals surface area (Å²) in [5, 5.41) is 2.81. The number of sulfonamides is 1. The number of anilines is 1. The van der Waals surface area contributed by atoms with E-state index in [2.05, 4.69) is 11.1 Å². The van der Waals surface area contributed by atoms with Crippen LogP contribution < -0.4 is 15.4 Å². The van der Waals surface area contributed by atoms with Gasteiger partial charge in [-0.25, -0.2) is 26.0 Å². The summed E-state index contributed by atoms with van der Waals surface area (Å²) in [6.45, 7) is 1.60. The van der Waals surface area contributed by atoms with Crippen molar-refractivity contribution in [3.05, 3.63) is 77.6 Å². The number of carbonyl (C=O) groups is 3. The van der Waals surface area contributed by atoms with Crippen molar-refractivity contribution >= 4 is 44.9 Å². The fraction of sp³-hybridized carbons (Fsp3) is 0.303. The van der Waals surface area contributed by atoms with Crippen molar-refractivity contribution in [1.82, 2.24) is 10.2 Å². The molecule has 1 aliphatic rings. The fourth-order valence-electron chi connectivity index (χ4n) is 5.18. The van der Waals surface area contributed by atoms with E-state index in [1.54, 1.807) is 6.07 Å². The summed E-state index contributed by atoms with van der Waals surface area (Å²) in [6.07, 6.45) is 0.705. The number of rotatable bonds is 8. The SMILES string of the molecule is CC.CNC(=O)c1c(-c2ccc(F)cc2)oc2cc(N(CCF)S(C)(=O)=O)c(-c3cccc(C(=O)N4CCC(F)(F)C4)c3)cc12.NC=O. The van der Waals surface area contributed by atoms with Crippen molar-refractivity contribution in [1.29, 1.82) is 0 Å². The lowest BCUT2D eigenvalue weighted by atomic mass is 9.97. The minimum atomic E-state index is -4.04. The fourth-order valence-corrected chi connectivity index (χ4v) is 6.09. The first-order chi connectivity index (χ1) is 22.7. The number of furan rings is 1. The number of alkyl halides is 3. The third kappa shape index (κ3) is 8.32. The minimum absolute atomic E-state index is 0.00724. The van der Waals surface area contributed by atoms with Crippen LogP contribution in [0.3, 0.4) is 0 Å². The Kier molecular flexibility index (Phi) is 12.3. The average Bonchev–Trinajstić information content (AvgIpc) is 3.62. The van der Waals surface area contributed by atoms with Gasteiger partial charge in [0.1, 0.15) is 23.8 Å². The summed E-state index contributed by atoms with van der Waals surface area (Å²) in [5.41, 5.74) is 5.34. The van der Waals surface area contributed by atoms with Gasteiger partial charge in [-0.05, 0) is 48.0 Å². The predicted molar refractivity (Wildman–Crippen MR) is 176 cm³/mol. The summed E-state index contributed by atoms with van der Waals surface area (Å²) in [7, 11) is -2.63. The normalized spacial score (nSPS) is 13.5. The maximum atomic E-state index is 13.8. The second-order valence-corrected chi connectivity index (χ2v) is 12.2. The zero-order valence-corrected chi connectivity index (χ0v) is 27.5. The Morgan fingerprint density at radius 1 is 1.08 bits per heavy atom. The first-order valence-electron chi connectivity index (χ1n) is 14.8. The Bertz CT molecular complexity index is 1880. The molecule has 258 valence electrons. The van der Waals surface area contributed by atoms with E-state index < -0.39 is 59.8 Å². The predicted octanol–water partition coefficient (Wildman–Crippen LogP) is 5.61. The molecule has 15 heteroatoms. The maximum Gasteiger partial charge on any atom is 0.267 e. The zero-order valence-electron chi connectivity index (χ0n) is 26.7. The van der Waals surface area contributed by atoms with Crippen molar-refractivity contribution in [3.63, 3.8) is 0 Å². The third-order valence-corrected chi connectivity index (χ3v) is 8.38. The van der Waals surface area contributed by atoms with Gasteiger partial charge in [0, 0.05) is 48.2 Å². The van der Waals surface area contributed by atoms with E-state index in [-0.39, 0.29) is 52.1 Å². The molecule has 3 aromatic carbocycles. The maximum absolute atomic E-state index is 13.8. The molecule has 0 radical (unpaired) electrons. The van der Waals surface area contributed by atoms with Crippen LogP contribution in [-0.2, 0) is 14.8 Å². The molecule has 1 saturated heterocycles. The van der Waals surface area contributed by atoms with Crippen LogP contribution in [0.5, 0.6) is 0 Å². The molecular weight excluding hydrogens is 656 g/mol. The first kappa shape index (κ1) is 37.5. The quantitative estimate of drug-likeness (QED) is 0.182. The van der Waals surface area contributed by atoms with Gasteiger partial charge in [0.2, 0.25) is 16.4 Å². The molecule has 48 heavy (non-hydrogen) atoms. The number of primary amides is 1. The number of halogens is 4. The lowest BCUT2D eigenvalue weighted by molar-refractivity contribution is -0.106. The molecule has 3 amide bonds. The van der Waals surface area contributed by atoms with E-state index in [0.29, 0.717) is 11.1 Å². The standard InChI is InChI=1S/C30H27F4N3O5S.C2H6.CH3NO/c1-35-28(38)26-23-15-22(19-4-3-5-20(14-19)29(39)36-12-10-30(33,34)17-36)24(37(13-11-31)43(2,40)41)16-25(23)42-27(26)18-6-8-21(32)9-7-18;1-2;2-1-3/h3-9,14-16H,10-13,17H2,1-2H3,(H,35,38);1-2H3;1H,(H2,2,3). The summed E-state index contributed by atoms with van der Waals surface area (Å²) in [5.74, 6) is -4.58. The summed E-state index contributed by atoms with van der Waals surface area (Å²) in [6, 6.07) is 14.1. The van der Waals surface area contributed by atoms with Crippen molar-refractivity contribution in [2.75, 3.05) is 43.9 Å². The Morgan fingerprint density at radius 2 is 1.73 bits per heavy atom. The number of fused-ring (bicyclic) bond motifs is 1. The highest BCUT2D eigenvalue weighted by atomic mass is 32.2. The number of nitrogens with one attached hydrogen (secondary N) is 1. The lowest BCUT2D eigenvalue weighted by Crippen LogP contribution is -2.32. The summed E-state index contributed by atoms with van der Waals surface area (Å²) in [4.78, 5) is 35.9. The molecule has 4 aromatic rings. The molecule has 0 aliphatic carbocycles. The van der Waals surface area contributed by atoms with Gasteiger partial charge in [0.15, 0.2) is 0 Å². The summed E-state index contributed by atoms with van der Waals surface area (Å²) < 4.78 is 87.5. The van der Waals surface area contributed by atoms with Crippen LogP contribution in [0, 0.1) is 5.82 Å². The number of amides is 3. The van der Waals surface area contributed by atoms with Crippen LogP contribution in [-0.4, -0.2) is 77.1 Å². The van der Waals surface area contributed by atoms with Crippen LogP contribution in [0.4, 0.5) is 23.2 Å². The molecule has 2 heterocycles. The Balaban J connectivity index is 0.00000118. The monoisotopic (exact) mass is 692 g/mol. The Hall–Kier alpha value is -4.92. The molecule has 1 fully saturated rings. The molecular formula is C33H36F4N4O6S. The Morgan fingerprint density at radius 3 is 2.27 bits per heavy atom. The number of hydrogen-bond acceptors (Lipinski definition) is 6. The van der Waals surface area contributed by atoms with Gasteiger partial charge >= 0.3 is 0 Å². The van der Waals surface area contributed by atoms with Gasteiger partial charge in [0.05, 0.1) is 30.6 Å². The topological polar surface area (TPSA) is 143 Å². The minimum Gasteiger partial charge on any atom is -0.455 e. The third-order valence-electron chi connectivity index (χ3n) is 7.20. The largest absolute Gasteiger partial charge is 0.455 e. The molecule has 0 spiro atoms. The number of benzene rings is 3. The number of carbonyl (C=O) groups excluding carboxylic acids is 3. The van der Waals surface area contributed by atoms with E-state index in [1.165, 1.54) is 61.6 Å². The van der Waals surface area contributed by atoms with Crippen molar-refractivity contribution in [2.45, 2.75) is 26.2 Å². The number of nitrogens with two attached hydrogens (primary N) is 1. The average molecular weight is 693 g/mol. The van der Waals surface area contributed by atoms with Crippen molar-refractivity contribution in [3.8, 4) is 22.5 Å². The van der Waals surface area contributed by atoms with Crippen LogP contribution >= 0.6 is 0 Å². The molecule has 0 unspecified atom stereocenters. The second kappa shape index (κ2) is 15.8. The van der Waals surface area contributed by atoms with Gasteiger partial charge in [-0.3, -0.25) is 18.7 Å². The molecule has 1 aliphatic heterocycles. The molecule has 0 bridgehead atoms. The Labute approximate surface area is 275 Å². The molecule has 1 aromatic heterocycles. The van der Waals surface area contributed by atoms with Crippen LogP contribution in [0.1, 0.15) is 41.0 Å². The molecule has 5 rings (SSSR count). The summed E-state index contributed by atoms with van der Waals surface area (Å²) >= 11 is 0. The smallest absolute Gasteiger partial charge is 0.267 e. The molecule has 3 N–H and O–H groups in total. The van der Waals surface area contributed by atoms with Gasteiger partial charge in [0.25, 0.3) is 17.7 Å². The van der Waals surface area contributed by atoms with Gasteiger partial charge in [-0.1, -0.05) is 26.0 Å². The highest BCUT2D eigenvalue weighted by Crippen LogP contribution is 2.42. The van der Waals surface area contributed by atoms with Crippen LogP contribution in [0.25, 0.3) is 33.4 Å². The van der Waals surface area contributed by atoms with Crippen molar-refractivity contribution in [2.24, 2.45) is 5.73 Å². The van der Waals surface area contributed by atoms with Crippen LogP contribution in [0.2, 0.25) is 0 Å². The highest BCUT2D eigenvalue weighted by Gasteiger charge is 2.40. The lowest BCUT2D eigenvalue weighted by Gasteiger charge is -2.24. The van der Waals surface area contributed by atoms with E-state index in [9.17, 15) is 35.6 Å². The zero-order chi connectivity index (χ0) is 35.8. The van der Waals surface area contributed by atoms with Gasteiger partial charge in [-0.2, -0.15) is 0 Å². The highest BCUT2D eigenvalue weighted by molar-refractivity contribution is 7.92. The number of hydrogen-bond donors (Lipinski definition) is 2.